The molecule has 164 valence electrons. The largest absolute Gasteiger partial charge is 0.347 e. The van der Waals surface area contributed by atoms with Crippen LogP contribution in [0.25, 0.3) is 16.7 Å². The lowest BCUT2D eigenvalue weighted by atomic mass is 9.85. The molecule has 0 amide bonds. The highest BCUT2D eigenvalue weighted by molar-refractivity contribution is 6.35. The van der Waals surface area contributed by atoms with Crippen LogP contribution in [0.5, 0.6) is 0 Å². The Labute approximate surface area is 195 Å². The summed E-state index contributed by atoms with van der Waals surface area (Å²) < 4.78 is 13.5. The molecule has 2 aromatic heterocycles. The summed E-state index contributed by atoms with van der Waals surface area (Å²) in [5.74, 6) is -0.436. The predicted octanol–water partition coefficient (Wildman–Crippen LogP) is 5.17. The molecular weight excluding hydrogens is 449 g/mol. The molecule has 3 heterocycles. The number of hydrogen-bond donors (Lipinski definition) is 0. The molecule has 1 saturated heterocycles. The molecule has 2 atom stereocenters. The summed E-state index contributed by atoms with van der Waals surface area (Å²) >= 11 is 12.5. The maximum absolute atomic E-state index is 9.59. The van der Waals surface area contributed by atoms with Crippen LogP contribution in [0, 0.1) is 17.2 Å². The average molecular weight is 470 g/mol. The number of halogens is 2. The van der Waals surface area contributed by atoms with Gasteiger partial charge in [0.05, 0.1) is 31.1 Å². The molecule has 0 bridgehead atoms. The van der Waals surface area contributed by atoms with Gasteiger partial charge in [-0.3, -0.25) is 0 Å². The van der Waals surface area contributed by atoms with Gasteiger partial charge in [0.2, 0.25) is 0 Å². The third-order valence-electron chi connectivity index (χ3n) is 6.28. The Hall–Kier alpha value is -2.50. The van der Waals surface area contributed by atoms with Crippen molar-refractivity contribution in [2.45, 2.75) is 38.5 Å². The number of ether oxygens (including phenoxy) is 2. The first-order valence-corrected chi connectivity index (χ1v) is 11.3. The van der Waals surface area contributed by atoms with Gasteiger partial charge in [-0.1, -0.05) is 42.3 Å². The van der Waals surface area contributed by atoms with Gasteiger partial charge in [0, 0.05) is 22.4 Å². The van der Waals surface area contributed by atoms with Crippen LogP contribution in [0.3, 0.4) is 0 Å². The maximum Gasteiger partial charge on any atom is 0.190 e. The zero-order valence-electron chi connectivity index (χ0n) is 17.7. The lowest BCUT2D eigenvalue weighted by Gasteiger charge is -2.36. The van der Waals surface area contributed by atoms with Crippen LogP contribution < -0.4 is 0 Å². The first-order chi connectivity index (χ1) is 15.4. The Morgan fingerprint density at radius 3 is 2.75 bits per heavy atom. The summed E-state index contributed by atoms with van der Waals surface area (Å²) in [6.45, 7) is 5.30. The van der Waals surface area contributed by atoms with E-state index in [1.165, 1.54) is 0 Å². The number of nitriles is 1. The molecule has 1 fully saturated rings. The van der Waals surface area contributed by atoms with Crippen molar-refractivity contribution in [2.75, 3.05) is 13.2 Å². The lowest BCUT2D eigenvalue weighted by molar-refractivity contribution is -0.186. The van der Waals surface area contributed by atoms with Gasteiger partial charge in [0.15, 0.2) is 17.1 Å². The van der Waals surface area contributed by atoms with Crippen molar-refractivity contribution in [3.8, 4) is 6.07 Å². The van der Waals surface area contributed by atoms with E-state index in [9.17, 15) is 5.26 Å². The highest BCUT2D eigenvalue weighted by Gasteiger charge is 2.43. The van der Waals surface area contributed by atoms with Crippen LogP contribution in [0.15, 0.2) is 30.5 Å². The third kappa shape index (κ3) is 3.48. The summed E-state index contributed by atoms with van der Waals surface area (Å²) in [4.78, 5) is 9.43. The second-order valence-corrected chi connectivity index (χ2v) is 9.01. The van der Waals surface area contributed by atoms with E-state index in [0.29, 0.717) is 34.4 Å². The van der Waals surface area contributed by atoms with Gasteiger partial charge in [0.1, 0.15) is 11.6 Å². The molecule has 1 spiro atoms. The van der Waals surface area contributed by atoms with E-state index < -0.39 is 5.79 Å². The minimum atomic E-state index is -0.531. The Balaban J connectivity index is 1.57. The first kappa shape index (κ1) is 21.4. The van der Waals surface area contributed by atoms with Crippen molar-refractivity contribution in [2.24, 2.45) is 5.92 Å². The molecule has 1 aliphatic heterocycles. The van der Waals surface area contributed by atoms with E-state index in [-0.39, 0.29) is 17.7 Å². The number of fused-ring (bicyclic) bond motifs is 1. The molecule has 0 radical (unpaired) electrons. The Morgan fingerprint density at radius 1 is 1.28 bits per heavy atom. The summed E-state index contributed by atoms with van der Waals surface area (Å²) in [6, 6.07) is 7.19. The highest BCUT2D eigenvalue weighted by Crippen LogP contribution is 2.41. The van der Waals surface area contributed by atoms with Crippen LogP contribution in [-0.4, -0.2) is 38.7 Å². The second-order valence-electron chi connectivity index (χ2n) is 8.16. The number of nitrogens with zero attached hydrogens (tertiary/aromatic N) is 5. The van der Waals surface area contributed by atoms with Crippen LogP contribution in [0.1, 0.15) is 49.7 Å². The zero-order chi connectivity index (χ0) is 22.5. The Kier molecular flexibility index (Phi) is 5.42. The normalized spacial score (nSPS) is 21.0. The van der Waals surface area contributed by atoms with E-state index in [2.05, 4.69) is 29.2 Å². The Bertz CT molecular complexity index is 1270. The van der Waals surface area contributed by atoms with E-state index in [1.807, 2.05) is 13.0 Å². The molecule has 7 nitrogen and oxygen atoms in total. The van der Waals surface area contributed by atoms with Crippen molar-refractivity contribution in [1.82, 2.24) is 19.7 Å². The van der Waals surface area contributed by atoms with Crippen LogP contribution in [0.2, 0.25) is 10.0 Å². The molecular formula is C23H21Cl2N5O2. The number of hydrogen-bond acceptors (Lipinski definition) is 6. The fourth-order valence-corrected chi connectivity index (χ4v) is 5.09. The van der Waals surface area contributed by atoms with Gasteiger partial charge >= 0.3 is 0 Å². The molecule has 9 heteroatoms. The average Bonchev–Trinajstić information content (AvgIpc) is 3.40. The molecule has 2 aliphatic rings. The molecule has 0 N–H and O–H groups in total. The highest BCUT2D eigenvalue weighted by atomic mass is 35.5. The summed E-state index contributed by atoms with van der Waals surface area (Å²) in [6.07, 6.45) is 5.39. The van der Waals surface area contributed by atoms with Gasteiger partial charge in [-0.2, -0.15) is 10.4 Å². The minimum absolute atomic E-state index is 0.0950. The summed E-state index contributed by atoms with van der Waals surface area (Å²) in [7, 11) is 0. The predicted molar refractivity (Wildman–Crippen MR) is 121 cm³/mol. The van der Waals surface area contributed by atoms with Crippen LogP contribution in [-0.2, 0) is 9.47 Å². The minimum Gasteiger partial charge on any atom is -0.347 e. The monoisotopic (exact) mass is 469 g/mol. The van der Waals surface area contributed by atoms with Gasteiger partial charge in [-0.25, -0.2) is 14.6 Å². The lowest BCUT2D eigenvalue weighted by Crippen LogP contribution is -2.39. The number of benzene rings is 1. The third-order valence-corrected chi connectivity index (χ3v) is 6.84. The van der Waals surface area contributed by atoms with E-state index in [4.69, 9.17) is 37.7 Å². The molecule has 1 aliphatic carbocycles. The SMILES string of the molecule is CC(c1ccc(Cl)cc1Cl)n1nc(C#N)c2ncc(C3=CC(C)C4(CC3)OCCO4)nc21. The van der Waals surface area contributed by atoms with Crippen molar-refractivity contribution in [1.29, 1.82) is 5.26 Å². The quantitative estimate of drug-likeness (QED) is 0.525. The summed E-state index contributed by atoms with van der Waals surface area (Å²) in [5.41, 5.74) is 3.92. The number of rotatable bonds is 3. The number of aromatic nitrogens is 4. The van der Waals surface area contributed by atoms with Crippen LogP contribution >= 0.6 is 23.2 Å². The molecule has 2 unspecified atom stereocenters. The van der Waals surface area contributed by atoms with E-state index in [0.717, 1.165) is 29.7 Å². The second kappa shape index (κ2) is 8.13. The zero-order valence-corrected chi connectivity index (χ0v) is 19.2. The maximum atomic E-state index is 9.59. The molecule has 3 aromatic rings. The van der Waals surface area contributed by atoms with E-state index in [1.54, 1.807) is 23.0 Å². The van der Waals surface area contributed by atoms with Crippen molar-refractivity contribution < 1.29 is 9.47 Å². The van der Waals surface area contributed by atoms with Crippen LogP contribution in [0.4, 0.5) is 0 Å². The summed E-state index contributed by atoms with van der Waals surface area (Å²) in [5, 5.41) is 15.2. The van der Waals surface area contributed by atoms with Gasteiger partial charge in [0.25, 0.3) is 0 Å². The van der Waals surface area contributed by atoms with Gasteiger partial charge in [-0.05, 0) is 36.6 Å². The molecule has 5 rings (SSSR count). The van der Waals surface area contributed by atoms with Gasteiger partial charge in [-0.15, -0.1) is 0 Å². The number of allylic oxidation sites excluding steroid dienone is 1. The standard InChI is InChI=1S/C23H21Cl2N5O2/c1-13-9-15(5-6-23(13)31-7-8-32-23)20-12-27-21-19(11-26)29-30(22(21)28-20)14(2)17-4-3-16(24)10-18(17)25/h3-4,9-10,12-14H,5-8H2,1-2H3. The molecule has 0 saturated carbocycles. The fraction of sp³-hybridized carbons (Fsp3) is 0.391. The first-order valence-electron chi connectivity index (χ1n) is 10.5. The Morgan fingerprint density at radius 2 is 2.06 bits per heavy atom. The smallest absolute Gasteiger partial charge is 0.190 e. The fourth-order valence-electron chi connectivity index (χ4n) is 4.52. The van der Waals surface area contributed by atoms with E-state index >= 15 is 0 Å². The molecule has 32 heavy (non-hydrogen) atoms. The molecule has 1 aromatic carbocycles. The van der Waals surface area contributed by atoms with Crippen molar-refractivity contribution in [3.05, 3.63) is 57.5 Å². The van der Waals surface area contributed by atoms with Crippen molar-refractivity contribution >= 4 is 39.9 Å². The topological polar surface area (TPSA) is 85.9 Å². The van der Waals surface area contributed by atoms with Crippen molar-refractivity contribution in [3.63, 3.8) is 0 Å². The van der Waals surface area contributed by atoms with Gasteiger partial charge < -0.3 is 9.47 Å².